The Morgan fingerprint density at radius 2 is 2.00 bits per heavy atom. The Balaban J connectivity index is 1.69. The van der Waals surface area contributed by atoms with Crippen LogP contribution in [0.1, 0.15) is 61.6 Å². The number of nitrogens with zero attached hydrogens (tertiary/aromatic N) is 1. The van der Waals surface area contributed by atoms with E-state index in [1.165, 1.54) is 25.7 Å². The number of hydrogen-bond donors (Lipinski definition) is 0. The van der Waals surface area contributed by atoms with Gasteiger partial charge in [-0.2, -0.15) is 0 Å². The molecule has 0 bridgehead atoms. The zero-order valence-electron chi connectivity index (χ0n) is 15.0. The molecule has 1 aliphatic heterocycles. The van der Waals surface area contributed by atoms with Crippen molar-refractivity contribution in [2.24, 2.45) is 5.92 Å². The molecular weight excluding hydrogens is 314 g/mol. The van der Waals surface area contributed by atoms with Crippen molar-refractivity contribution in [3.8, 4) is 0 Å². The van der Waals surface area contributed by atoms with Gasteiger partial charge in [0.15, 0.2) is 5.76 Å². The van der Waals surface area contributed by atoms with Crippen molar-refractivity contribution < 1.29 is 13.9 Å². The Kier molecular flexibility index (Phi) is 4.80. The molecule has 1 aromatic heterocycles. The molecular formula is C21H27NO3. The Labute approximate surface area is 149 Å². The molecule has 4 nitrogen and oxygen atoms in total. The molecule has 1 aromatic carbocycles. The minimum absolute atomic E-state index is 0.0579. The number of rotatable bonds is 4. The van der Waals surface area contributed by atoms with Crippen LogP contribution in [-0.4, -0.2) is 30.0 Å². The molecule has 2 fully saturated rings. The van der Waals surface area contributed by atoms with Crippen molar-refractivity contribution in [2.45, 2.75) is 58.1 Å². The first-order valence-electron chi connectivity index (χ1n) is 9.68. The zero-order chi connectivity index (χ0) is 17.2. The van der Waals surface area contributed by atoms with Crippen LogP contribution in [0.5, 0.6) is 0 Å². The first-order valence-corrected chi connectivity index (χ1v) is 9.68. The van der Waals surface area contributed by atoms with E-state index in [9.17, 15) is 4.79 Å². The van der Waals surface area contributed by atoms with Gasteiger partial charge >= 0.3 is 0 Å². The maximum atomic E-state index is 13.4. The molecule has 1 saturated carbocycles. The van der Waals surface area contributed by atoms with Gasteiger partial charge in [-0.3, -0.25) is 4.79 Å². The van der Waals surface area contributed by atoms with Gasteiger partial charge in [0.1, 0.15) is 5.58 Å². The molecule has 0 radical (unpaired) electrons. The molecule has 0 N–H and O–H groups in total. The van der Waals surface area contributed by atoms with Crippen LogP contribution in [-0.2, 0) is 11.3 Å². The number of furan rings is 1. The number of amides is 1. The monoisotopic (exact) mass is 341 g/mol. The van der Waals surface area contributed by atoms with Crippen LogP contribution in [0.4, 0.5) is 0 Å². The average molecular weight is 341 g/mol. The van der Waals surface area contributed by atoms with Gasteiger partial charge in [0.2, 0.25) is 0 Å². The zero-order valence-corrected chi connectivity index (χ0v) is 15.0. The van der Waals surface area contributed by atoms with E-state index in [0.717, 1.165) is 35.9 Å². The summed E-state index contributed by atoms with van der Waals surface area (Å²) in [5.74, 6) is 1.22. The molecule has 134 valence electrons. The second kappa shape index (κ2) is 7.20. The molecule has 1 saturated heterocycles. The Bertz CT molecular complexity index is 749. The van der Waals surface area contributed by atoms with Crippen LogP contribution >= 0.6 is 0 Å². The van der Waals surface area contributed by atoms with E-state index in [4.69, 9.17) is 9.15 Å². The smallest absolute Gasteiger partial charge is 0.290 e. The summed E-state index contributed by atoms with van der Waals surface area (Å²) in [7, 11) is 0. The standard InChI is InChI=1S/C21H27NO3/c1-2-24-14-17-16-10-4-6-12-19(16)25-20(17)21(23)22-13-7-9-15-8-3-5-11-18(15)22/h4,6,10,12,15,18H,2-3,5,7-9,11,13-14H2,1H3/t15-,18-/m1/s1. The molecule has 0 unspecified atom stereocenters. The van der Waals surface area contributed by atoms with Gasteiger partial charge in [-0.15, -0.1) is 0 Å². The highest BCUT2D eigenvalue weighted by atomic mass is 16.5. The molecule has 2 aliphatic rings. The number of benzene rings is 1. The highest BCUT2D eigenvalue weighted by molar-refractivity contribution is 5.99. The Hall–Kier alpha value is -1.81. The molecule has 1 amide bonds. The number of ether oxygens (including phenoxy) is 1. The number of likely N-dealkylation sites (tertiary alicyclic amines) is 1. The number of para-hydroxylation sites is 1. The lowest BCUT2D eigenvalue weighted by atomic mass is 9.78. The normalized spacial score (nSPS) is 23.6. The second-order valence-corrected chi connectivity index (χ2v) is 7.30. The maximum absolute atomic E-state index is 13.4. The van der Waals surface area contributed by atoms with Crippen LogP contribution in [0.2, 0.25) is 0 Å². The van der Waals surface area contributed by atoms with Crippen LogP contribution in [0, 0.1) is 5.92 Å². The van der Waals surface area contributed by atoms with Crippen molar-refractivity contribution >= 4 is 16.9 Å². The van der Waals surface area contributed by atoms with E-state index >= 15 is 0 Å². The lowest BCUT2D eigenvalue weighted by Gasteiger charge is -2.43. The van der Waals surface area contributed by atoms with Gasteiger partial charge < -0.3 is 14.1 Å². The van der Waals surface area contributed by atoms with Crippen molar-refractivity contribution in [1.29, 1.82) is 0 Å². The maximum Gasteiger partial charge on any atom is 0.290 e. The topological polar surface area (TPSA) is 42.7 Å². The summed E-state index contributed by atoms with van der Waals surface area (Å²) in [5.41, 5.74) is 1.68. The number of fused-ring (bicyclic) bond motifs is 2. The minimum atomic E-state index is 0.0579. The van der Waals surface area contributed by atoms with Crippen molar-refractivity contribution in [3.05, 3.63) is 35.6 Å². The second-order valence-electron chi connectivity index (χ2n) is 7.30. The predicted molar refractivity (Wildman–Crippen MR) is 97.6 cm³/mol. The number of piperidine rings is 1. The van der Waals surface area contributed by atoms with Crippen LogP contribution < -0.4 is 0 Å². The molecule has 4 rings (SSSR count). The fraction of sp³-hybridized carbons (Fsp3) is 0.571. The Morgan fingerprint density at radius 3 is 2.88 bits per heavy atom. The first-order chi connectivity index (χ1) is 12.3. The Morgan fingerprint density at radius 1 is 1.20 bits per heavy atom. The highest BCUT2D eigenvalue weighted by Gasteiger charge is 2.38. The number of hydrogen-bond acceptors (Lipinski definition) is 3. The summed E-state index contributed by atoms with van der Waals surface area (Å²) in [4.78, 5) is 15.5. The summed E-state index contributed by atoms with van der Waals surface area (Å²) < 4.78 is 11.7. The minimum Gasteiger partial charge on any atom is -0.451 e. The van der Waals surface area contributed by atoms with E-state index < -0.39 is 0 Å². The fourth-order valence-corrected chi connectivity index (χ4v) is 4.63. The molecule has 25 heavy (non-hydrogen) atoms. The first kappa shape index (κ1) is 16.6. The summed E-state index contributed by atoms with van der Waals surface area (Å²) in [6.07, 6.45) is 7.31. The molecule has 4 heteroatoms. The summed E-state index contributed by atoms with van der Waals surface area (Å²) in [5, 5.41) is 0.997. The summed E-state index contributed by atoms with van der Waals surface area (Å²) in [6, 6.07) is 8.27. The third-order valence-corrected chi connectivity index (χ3v) is 5.85. The van der Waals surface area contributed by atoms with Gasteiger partial charge in [0, 0.05) is 30.1 Å². The van der Waals surface area contributed by atoms with Gasteiger partial charge in [0.05, 0.1) is 6.61 Å². The molecule has 2 aromatic rings. The van der Waals surface area contributed by atoms with Crippen LogP contribution in [0.3, 0.4) is 0 Å². The van der Waals surface area contributed by atoms with E-state index in [1.54, 1.807) is 0 Å². The van der Waals surface area contributed by atoms with E-state index in [-0.39, 0.29) is 5.91 Å². The predicted octanol–water partition coefficient (Wildman–Crippen LogP) is 4.76. The summed E-state index contributed by atoms with van der Waals surface area (Å²) >= 11 is 0. The molecule has 2 heterocycles. The van der Waals surface area contributed by atoms with E-state index in [0.29, 0.717) is 30.9 Å². The van der Waals surface area contributed by atoms with Gasteiger partial charge in [-0.05, 0) is 44.6 Å². The van der Waals surface area contributed by atoms with Crippen LogP contribution in [0.25, 0.3) is 11.0 Å². The fourth-order valence-electron chi connectivity index (χ4n) is 4.63. The van der Waals surface area contributed by atoms with E-state index in [1.807, 2.05) is 31.2 Å². The van der Waals surface area contributed by atoms with Gasteiger partial charge in [-0.25, -0.2) is 0 Å². The van der Waals surface area contributed by atoms with Crippen LogP contribution in [0.15, 0.2) is 28.7 Å². The average Bonchev–Trinajstić information content (AvgIpc) is 3.04. The van der Waals surface area contributed by atoms with Crippen molar-refractivity contribution in [2.75, 3.05) is 13.2 Å². The quantitative estimate of drug-likeness (QED) is 0.805. The largest absolute Gasteiger partial charge is 0.451 e. The van der Waals surface area contributed by atoms with Crippen molar-refractivity contribution in [3.63, 3.8) is 0 Å². The highest BCUT2D eigenvalue weighted by Crippen LogP contribution is 2.37. The lowest BCUT2D eigenvalue weighted by Crippen LogP contribution is -2.49. The third-order valence-electron chi connectivity index (χ3n) is 5.85. The molecule has 1 aliphatic carbocycles. The summed E-state index contributed by atoms with van der Waals surface area (Å²) in [6.45, 7) is 3.88. The van der Waals surface area contributed by atoms with Crippen molar-refractivity contribution in [1.82, 2.24) is 4.90 Å². The SMILES string of the molecule is CCOCc1c(C(=O)N2CCC[C@H]3CCCC[C@H]32)oc2ccccc12. The molecule has 2 atom stereocenters. The third kappa shape index (κ3) is 3.08. The van der Waals surface area contributed by atoms with Gasteiger partial charge in [-0.1, -0.05) is 31.0 Å². The number of carbonyl (C=O) groups is 1. The number of carbonyl (C=O) groups excluding carboxylic acids is 1. The molecule has 0 spiro atoms. The lowest BCUT2D eigenvalue weighted by molar-refractivity contribution is 0.0358. The van der Waals surface area contributed by atoms with E-state index in [2.05, 4.69) is 4.90 Å². The van der Waals surface area contributed by atoms with Gasteiger partial charge in [0.25, 0.3) is 5.91 Å².